The third-order valence-corrected chi connectivity index (χ3v) is 4.28. The Hall–Kier alpha value is -1.35. The van der Waals surface area contributed by atoms with E-state index in [9.17, 15) is 26.0 Å². The predicted molar refractivity (Wildman–Crippen MR) is 66.8 cm³/mol. The molecule has 1 aromatic carbocycles. The molecule has 0 bridgehead atoms. The van der Waals surface area contributed by atoms with E-state index >= 15 is 0 Å². The van der Waals surface area contributed by atoms with Crippen LogP contribution in [-0.4, -0.2) is 26.8 Å². The lowest BCUT2D eigenvalue weighted by molar-refractivity contribution is 0.459. The Kier molecular flexibility index (Phi) is 5.35. The fraction of sp³-hybridized carbons (Fsp3) is 0.455. The van der Waals surface area contributed by atoms with Crippen LogP contribution in [-0.2, 0) is 10.0 Å². The smallest absolute Gasteiger partial charge is 0.236 e. The van der Waals surface area contributed by atoms with Crippen molar-refractivity contribution in [2.75, 3.05) is 17.8 Å². The molecule has 2 N–H and O–H groups in total. The molecule has 0 heterocycles. The number of nitrogens with one attached hydrogen (secondary N) is 2. The first-order chi connectivity index (χ1) is 9.20. The van der Waals surface area contributed by atoms with Crippen LogP contribution in [0.4, 0.5) is 23.2 Å². The zero-order valence-corrected chi connectivity index (χ0v) is 11.6. The predicted octanol–water partition coefficient (Wildman–Crippen LogP) is 1.98. The minimum absolute atomic E-state index is 0.00450. The lowest BCUT2D eigenvalue weighted by atomic mass is 10.3. The van der Waals surface area contributed by atoms with E-state index in [2.05, 4.69) is 5.32 Å². The number of halogens is 4. The topological polar surface area (TPSA) is 58.2 Å². The maximum Gasteiger partial charge on any atom is 0.236 e. The second kappa shape index (κ2) is 6.40. The van der Waals surface area contributed by atoms with Crippen LogP contribution in [0, 0.1) is 23.3 Å². The molecule has 9 heteroatoms. The Balaban J connectivity index is 3.10. The molecule has 1 atom stereocenters. The molecular formula is C11H14F4N2O2S. The van der Waals surface area contributed by atoms with E-state index in [0.717, 1.165) is 0 Å². The molecule has 0 saturated carbocycles. The van der Waals surface area contributed by atoms with Crippen LogP contribution in [0.1, 0.15) is 13.8 Å². The summed E-state index contributed by atoms with van der Waals surface area (Å²) >= 11 is 0. The molecule has 0 aliphatic heterocycles. The summed E-state index contributed by atoms with van der Waals surface area (Å²) in [5, 5.41) is 1.69. The Morgan fingerprint density at radius 2 is 1.65 bits per heavy atom. The molecule has 0 saturated heterocycles. The molecule has 1 rings (SSSR count). The average molecular weight is 314 g/mol. The van der Waals surface area contributed by atoms with Gasteiger partial charge in [0, 0.05) is 12.6 Å². The van der Waals surface area contributed by atoms with Gasteiger partial charge in [-0.25, -0.2) is 26.0 Å². The van der Waals surface area contributed by atoms with Crippen molar-refractivity contribution >= 4 is 15.7 Å². The summed E-state index contributed by atoms with van der Waals surface area (Å²) in [5.74, 6) is -6.94. The van der Waals surface area contributed by atoms with Gasteiger partial charge in [-0.15, -0.1) is 0 Å². The quantitative estimate of drug-likeness (QED) is 0.623. The maximum absolute atomic E-state index is 13.4. The summed E-state index contributed by atoms with van der Waals surface area (Å²) in [6.07, 6.45) is 0. The number of benzene rings is 1. The largest absolute Gasteiger partial charge is 0.316 e. The van der Waals surface area contributed by atoms with Gasteiger partial charge in [0.15, 0.2) is 23.3 Å². The second-order valence-corrected chi connectivity index (χ2v) is 6.21. The molecule has 0 amide bonds. The second-order valence-electron chi connectivity index (χ2n) is 4.11. The zero-order valence-electron chi connectivity index (χ0n) is 10.8. The number of hydrogen-bond acceptors (Lipinski definition) is 3. The highest BCUT2D eigenvalue weighted by Crippen LogP contribution is 2.25. The Morgan fingerprint density at radius 1 is 1.15 bits per heavy atom. The van der Waals surface area contributed by atoms with E-state index in [4.69, 9.17) is 0 Å². The van der Waals surface area contributed by atoms with Crippen LogP contribution >= 0.6 is 0 Å². The number of anilines is 1. The summed E-state index contributed by atoms with van der Waals surface area (Å²) in [6, 6.07) is 0.00450. The summed E-state index contributed by atoms with van der Waals surface area (Å²) in [5.41, 5.74) is -1.36. The van der Waals surface area contributed by atoms with Crippen LogP contribution in [0.15, 0.2) is 6.07 Å². The number of hydrogen-bond donors (Lipinski definition) is 2. The van der Waals surface area contributed by atoms with E-state index < -0.39 is 44.2 Å². The molecule has 4 nitrogen and oxygen atoms in total. The summed E-state index contributed by atoms with van der Waals surface area (Å²) in [4.78, 5) is 0. The first-order valence-corrected chi connectivity index (χ1v) is 7.30. The molecule has 114 valence electrons. The highest BCUT2D eigenvalue weighted by atomic mass is 32.2. The van der Waals surface area contributed by atoms with Gasteiger partial charge in [-0.3, -0.25) is 4.72 Å². The highest BCUT2D eigenvalue weighted by molar-refractivity contribution is 7.93. The van der Waals surface area contributed by atoms with Crippen LogP contribution < -0.4 is 10.0 Å². The minimum Gasteiger partial charge on any atom is -0.316 e. The SMILES string of the molecule is CCNCC(C)S(=O)(=O)Nc1c(F)c(F)cc(F)c1F. The van der Waals surface area contributed by atoms with Crippen molar-refractivity contribution in [2.45, 2.75) is 19.1 Å². The number of sulfonamides is 1. The monoisotopic (exact) mass is 314 g/mol. The molecule has 20 heavy (non-hydrogen) atoms. The van der Waals surface area contributed by atoms with Crippen LogP contribution in [0.2, 0.25) is 0 Å². The van der Waals surface area contributed by atoms with E-state index in [1.165, 1.54) is 6.92 Å². The van der Waals surface area contributed by atoms with Gasteiger partial charge in [-0.1, -0.05) is 6.92 Å². The van der Waals surface area contributed by atoms with E-state index in [0.29, 0.717) is 6.54 Å². The van der Waals surface area contributed by atoms with E-state index in [1.54, 1.807) is 11.6 Å². The minimum atomic E-state index is -4.19. The molecule has 1 unspecified atom stereocenters. The lowest BCUT2D eigenvalue weighted by Gasteiger charge is -2.16. The van der Waals surface area contributed by atoms with Crippen molar-refractivity contribution in [3.63, 3.8) is 0 Å². The van der Waals surface area contributed by atoms with Gasteiger partial charge in [0.05, 0.1) is 5.25 Å². The molecule has 0 spiro atoms. The van der Waals surface area contributed by atoms with Crippen LogP contribution in [0.25, 0.3) is 0 Å². The molecule has 1 aromatic rings. The molecular weight excluding hydrogens is 300 g/mol. The fourth-order valence-corrected chi connectivity index (χ4v) is 2.37. The summed E-state index contributed by atoms with van der Waals surface area (Å²) < 4.78 is 77.8. The van der Waals surface area contributed by atoms with E-state index in [1.807, 2.05) is 0 Å². The Morgan fingerprint density at radius 3 is 2.10 bits per heavy atom. The van der Waals surface area contributed by atoms with Gasteiger partial charge in [0.1, 0.15) is 5.69 Å². The first kappa shape index (κ1) is 16.7. The average Bonchev–Trinajstić information content (AvgIpc) is 2.38. The maximum atomic E-state index is 13.4. The van der Waals surface area contributed by atoms with Gasteiger partial charge in [0.25, 0.3) is 0 Å². The zero-order chi connectivity index (χ0) is 15.5. The Labute approximate surface area is 114 Å². The molecule has 0 aliphatic carbocycles. The lowest BCUT2D eigenvalue weighted by Crippen LogP contribution is -2.35. The highest BCUT2D eigenvalue weighted by Gasteiger charge is 2.26. The van der Waals surface area contributed by atoms with Crippen molar-refractivity contribution in [3.8, 4) is 0 Å². The molecule has 0 aliphatic rings. The first-order valence-electron chi connectivity index (χ1n) is 5.76. The molecule has 0 aromatic heterocycles. The van der Waals surface area contributed by atoms with Crippen LogP contribution in [0.3, 0.4) is 0 Å². The van der Waals surface area contributed by atoms with Crippen molar-refractivity contribution in [2.24, 2.45) is 0 Å². The van der Waals surface area contributed by atoms with Crippen molar-refractivity contribution in [3.05, 3.63) is 29.3 Å². The summed E-state index contributed by atoms with van der Waals surface area (Å²) in [6.45, 7) is 3.55. The van der Waals surface area contributed by atoms with Crippen molar-refractivity contribution < 1.29 is 26.0 Å². The molecule has 0 radical (unpaired) electrons. The van der Waals surface area contributed by atoms with Gasteiger partial charge in [-0.2, -0.15) is 0 Å². The van der Waals surface area contributed by atoms with Gasteiger partial charge in [0.2, 0.25) is 10.0 Å². The Bertz CT molecular complexity index is 566. The standard InChI is InChI=1S/C11H14F4N2O2S/c1-3-16-5-6(2)20(18,19)17-11-9(14)7(12)4-8(13)10(11)15/h4,6,16-17H,3,5H2,1-2H3. The third kappa shape index (κ3) is 3.60. The van der Waals surface area contributed by atoms with Gasteiger partial charge < -0.3 is 5.32 Å². The fourth-order valence-electron chi connectivity index (χ4n) is 1.36. The molecule has 0 fully saturated rings. The third-order valence-electron chi connectivity index (χ3n) is 2.57. The van der Waals surface area contributed by atoms with Gasteiger partial charge in [-0.05, 0) is 13.5 Å². The van der Waals surface area contributed by atoms with Crippen molar-refractivity contribution in [1.29, 1.82) is 0 Å². The van der Waals surface area contributed by atoms with E-state index in [-0.39, 0.29) is 12.6 Å². The number of rotatable bonds is 6. The van der Waals surface area contributed by atoms with Gasteiger partial charge >= 0.3 is 0 Å². The van der Waals surface area contributed by atoms with Crippen molar-refractivity contribution in [1.82, 2.24) is 5.32 Å². The summed E-state index contributed by atoms with van der Waals surface area (Å²) in [7, 11) is -4.19. The van der Waals surface area contributed by atoms with Crippen LogP contribution in [0.5, 0.6) is 0 Å². The normalized spacial score (nSPS) is 13.3.